The number of amides is 1. The molecule has 1 aromatic heterocycles. The van der Waals surface area contributed by atoms with Crippen molar-refractivity contribution in [2.45, 2.75) is 39.7 Å². The molecular formula is C18H27NO3S. The lowest BCUT2D eigenvalue weighted by atomic mass is 10.1. The van der Waals surface area contributed by atoms with Crippen molar-refractivity contribution in [2.24, 2.45) is 0 Å². The van der Waals surface area contributed by atoms with E-state index in [0.717, 1.165) is 12.0 Å². The molecule has 0 aliphatic carbocycles. The Labute approximate surface area is 143 Å². The van der Waals surface area contributed by atoms with Crippen LogP contribution in [0.25, 0.3) is 0 Å². The van der Waals surface area contributed by atoms with Crippen LogP contribution >= 0.6 is 11.3 Å². The van der Waals surface area contributed by atoms with E-state index in [1.165, 1.54) is 11.3 Å². The van der Waals surface area contributed by atoms with E-state index in [2.05, 4.69) is 24.7 Å². The van der Waals surface area contributed by atoms with Crippen LogP contribution in [-0.4, -0.2) is 28.3 Å². The third kappa shape index (κ3) is 11.2. The largest absolute Gasteiger partial charge is 0.513 e. The molecule has 0 fully saturated rings. The summed E-state index contributed by atoms with van der Waals surface area (Å²) in [6, 6.07) is 1.86. The van der Waals surface area contributed by atoms with Crippen molar-refractivity contribution in [3.63, 3.8) is 0 Å². The molecule has 4 nitrogen and oxygen atoms in total. The summed E-state index contributed by atoms with van der Waals surface area (Å²) in [5.74, 6) is 0.240. The Morgan fingerprint density at radius 2 is 2.00 bits per heavy atom. The average Bonchev–Trinajstić information content (AvgIpc) is 2.99. The van der Waals surface area contributed by atoms with E-state index in [9.17, 15) is 4.79 Å². The summed E-state index contributed by atoms with van der Waals surface area (Å²) < 4.78 is 0. The monoisotopic (exact) mass is 337 g/mol. The Hall–Kier alpha value is -2.03. The fourth-order valence-corrected chi connectivity index (χ4v) is 2.00. The van der Waals surface area contributed by atoms with Gasteiger partial charge in [-0.15, -0.1) is 30.8 Å². The van der Waals surface area contributed by atoms with Crippen LogP contribution in [0.2, 0.25) is 0 Å². The van der Waals surface area contributed by atoms with Crippen molar-refractivity contribution in [1.29, 1.82) is 0 Å². The topological polar surface area (TPSA) is 69.6 Å². The van der Waals surface area contributed by atoms with E-state index in [1.54, 1.807) is 39.8 Å². The van der Waals surface area contributed by atoms with Gasteiger partial charge >= 0.3 is 0 Å². The molecule has 0 unspecified atom stereocenters. The number of rotatable bonds is 5. The molecule has 128 valence electrons. The molecule has 0 bridgehead atoms. The van der Waals surface area contributed by atoms with Crippen LogP contribution in [0.4, 0.5) is 0 Å². The highest BCUT2D eigenvalue weighted by Gasteiger charge is 2.20. The minimum atomic E-state index is -0.584. The minimum Gasteiger partial charge on any atom is -0.513 e. The first-order valence-corrected chi connectivity index (χ1v) is 7.90. The normalized spacial score (nSPS) is 10.5. The van der Waals surface area contributed by atoms with Gasteiger partial charge in [-0.3, -0.25) is 4.79 Å². The third-order valence-electron chi connectivity index (χ3n) is 2.52. The number of carbonyl (C=O) groups is 1. The highest BCUT2D eigenvalue weighted by atomic mass is 32.1. The van der Waals surface area contributed by atoms with E-state index >= 15 is 0 Å². The summed E-state index contributed by atoms with van der Waals surface area (Å²) in [5.41, 5.74) is 0.506. The van der Waals surface area contributed by atoms with Gasteiger partial charge in [0.15, 0.2) is 0 Å². The lowest BCUT2D eigenvalue weighted by molar-refractivity contribution is 0.0873. The molecule has 0 aliphatic heterocycles. The molecule has 0 spiro atoms. The number of allylic oxidation sites excluding steroid dienone is 3. The molecule has 5 heteroatoms. The first kappa shape index (κ1) is 23.2. The molecule has 0 aromatic carbocycles. The van der Waals surface area contributed by atoms with E-state index in [1.807, 2.05) is 11.4 Å². The van der Waals surface area contributed by atoms with Crippen LogP contribution < -0.4 is 5.32 Å². The molecule has 1 heterocycles. The molecule has 0 saturated carbocycles. The highest BCUT2D eigenvalue weighted by molar-refractivity contribution is 7.12. The summed E-state index contributed by atoms with van der Waals surface area (Å²) in [4.78, 5) is 12.5. The molecule has 1 amide bonds. The van der Waals surface area contributed by atoms with Crippen LogP contribution in [-0.2, 0) is 6.42 Å². The SMILES string of the molecule is C#C.C/C=C(\C)O.C=CCc1csc(C(=O)NC(C)(C)CO)c1. The molecule has 0 radical (unpaired) electrons. The van der Waals surface area contributed by atoms with Gasteiger partial charge in [0.2, 0.25) is 0 Å². The fourth-order valence-electron chi connectivity index (χ4n) is 1.18. The minimum absolute atomic E-state index is 0.0797. The van der Waals surface area contributed by atoms with Crippen LogP contribution in [0.1, 0.15) is 42.9 Å². The zero-order chi connectivity index (χ0) is 18.5. The second-order valence-electron chi connectivity index (χ2n) is 5.24. The van der Waals surface area contributed by atoms with Gasteiger partial charge in [0, 0.05) is 0 Å². The summed E-state index contributed by atoms with van der Waals surface area (Å²) in [5, 5.41) is 22.0. The zero-order valence-corrected chi connectivity index (χ0v) is 15.1. The van der Waals surface area contributed by atoms with Gasteiger partial charge in [0.25, 0.3) is 5.91 Å². The van der Waals surface area contributed by atoms with Gasteiger partial charge in [-0.2, -0.15) is 0 Å². The van der Waals surface area contributed by atoms with E-state index in [0.29, 0.717) is 10.6 Å². The van der Waals surface area contributed by atoms with E-state index in [4.69, 9.17) is 10.2 Å². The number of nitrogens with one attached hydrogen (secondary N) is 1. The zero-order valence-electron chi connectivity index (χ0n) is 14.3. The van der Waals surface area contributed by atoms with Crippen LogP contribution in [0, 0.1) is 12.8 Å². The van der Waals surface area contributed by atoms with Crippen LogP contribution in [0.15, 0.2) is 35.9 Å². The Morgan fingerprint density at radius 1 is 1.48 bits per heavy atom. The lowest BCUT2D eigenvalue weighted by Crippen LogP contribution is -2.46. The summed E-state index contributed by atoms with van der Waals surface area (Å²) in [7, 11) is 0. The molecule has 23 heavy (non-hydrogen) atoms. The van der Waals surface area contributed by atoms with Gasteiger partial charge in [-0.05, 0) is 51.1 Å². The van der Waals surface area contributed by atoms with E-state index in [-0.39, 0.29) is 12.5 Å². The van der Waals surface area contributed by atoms with Crippen molar-refractivity contribution in [1.82, 2.24) is 5.32 Å². The summed E-state index contributed by atoms with van der Waals surface area (Å²) in [6.45, 7) is 10.6. The maximum atomic E-state index is 11.8. The molecule has 0 saturated heterocycles. The number of aliphatic hydroxyl groups is 2. The first-order chi connectivity index (χ1) is 10.8. The van der Waals surface area contributed by atoms with Gasteiger partial charge in [-0.25, -0.2) is 0 Å². The average molecular weight is 337 g/mol. The Bertz CT molecular complexity index is 523. The number of hydrogen-bond donors (Lipinski definition) is 3. The molecule has 0 atom stereocenters. The van der Waals surface area contributed by atoms with Gasteiger partial charge in [0.1, 0.15) is 0 Å². The second-order valence-corrected chi connectivity index (χ2v) is 6.15. The Kier molecular flexibility index (Phi) is 12.6. The number of thiophene rings is 1. The number of hydrogen-bond acceptors (Lipinski definition) is 4. The molecular weight excluding hydrogens is 310 g/mol. The van der Waals surface area contributed by atoms with Crippen molar-refractivity contribution >= 4 is 17.2 Å². The van der Waals surface area contributed by atoms with Crippen molar-refractivity contribution in [3.05, 3.63) is 46.4 Å². The van der Waals surface area contributed by atoms with Crippen LogP contribution in [0.5, 0.6) is 0 Å². The van der Waals surface area contributed by atoms with Crippen molar-refractivity contribution in [3.8, 4) is 12.8 Å². The van der Waals surface area contributed by atoms with Gasteiger partial charge in [-0.1, -0.05) is 12.2 Å². The molecule has 3 N–H and O–H groups in total. The summed E-state index contributed by atoms with van der Waals surface area (Å²) >= 11 is 1.41. The fraction of sp³-hybridized carbons (Fsp3) is 0.389. The number of carbonyl (C=O) groups excluding carboxylic acids is 1. The maximum Gasteiger partial charge on any atom is 0.261 e. The molecule has 1 rings (SSSR count). The van der Waals surface area contributed by atoms with E-state index < -0.39 is 5.54 Å². The first-order valence-electron chi connectivity index (χ1n) is 7.02. The lowest BCUT2D eigenvalue weighted by Gasteiger charge is -2.22. The summed E-state index contributed by atoms with van der Waals surface area (Å²) in [6.07, 6.45) is 12.2. The Balaban J connectivity index is 0. The predicted molar refractivity (Wildman–Crippen MR) is 98.8 cm³/mol. The van der Waals surface area contributed by atoms with Gasteiger partial charge in [0.05, 0.1) is 22.8 Å². The second kappa shape index (κ2) is 12.5. The molecule has 1 aromatic rings. The predicted octanol–water partition coefficient (Wildman–Crippen LogP) is 3.69. The van der Waals surface area contributed by atoms with Crippen molar-refractivity contribution < 1.29 is 15.0 Å². The van der Waals surface area contributed by atoms with Crippen molar-refractivity contribution in [2.75, 3.05) is 6.61 Å². The maximum absolute atomic E-state index is 11.8. The Morgan fingerprint density at radius 3 is 2.39 bits per heavy atom. The third-order valence-corrected chi connectivity index (χ3v) is 3.50. The smallest absolute Gasteiger partial charge is 0.261 e. The van der Waals surface area contributed by atoms with Gasteiger partial charge < -0.3 is 15.5 Å². The highest BCUT2D eigenvalue weighted by Crippen LogP contribution is 2.16. The quantitative estimate of drug-likeness (QED) is 0.436. The van der Waals surface area contributed by atoms with Crippen LogP contribution in [0.3, 0.4) is 0 Å². The molecule has 0 aliphatic rings. The standard InChI is InChI=1S/C12H17NO2S.C4H8O.C2H2/c1-4-5-9-6-10(16-7-9)11(15)13-12(2,3)8-14;1-3-4(2)5;1-2/h4,6-7,14H,1,5,8H2,2-3H3,(H,13,15);3,5H,1-2H3;1-2H/b;4-3+;. The number of aliphatic hydroxyl groups excluding tert-OH is 2. The number of terminal acetylenes is 1.